The van der Waals surface area contributed by atoms with E-state index in [0.717, 1.165) is 18.0 Å². The molecule has 0 radical (unpaired) electrons. The molecule has 0 spiro atoms. The molecule has 0 bridgehead atoms. The monoisotopic (exact) mass is 399 g/mol. The predicted molar refractivity (Wildman–Crippen MR) is 97.2 cm³/mol. The number of anilines is 2. The minimum Gasteiger partial charge on any atom is -0.486 e. The Morgan fingerprint density at radius 1 is 1.11 bits per heavy atom. The molecule has 7 nitrogen and oxygen atoms in total. The standard InChI is InChI=1S/C16H16F3N5O2S/c17-16(18,19)13-3-4-20-14(24-13)21-5-6-22-15(27)23-10-1-2-11-12(9-10)26-8-7-25-11/h1-4,9H,5-8H2,(H,20,21,24)(H2,22,23,27). The number of benzene rings is 1. The molecule has 0 aliphatic carbocycles. The van der Waals surface area contributed by atoms with E-state index in [1.54, 1.807) is 18.2 Å². The first-order valence-corrected chi connectivity index (χ1v) is 8.41. The molecule has 27 heavy (non-hydrogen) atoms. The molecule has 0 saturated heterocycles. The highest BCUT2D eigenvalue weighted by Crippen LogP contribution is 2.32. The maximum atomic E-state index is 12.6. The fraction of sp³-hybridized carbons (Fsp3) is 0.312. The van der Waals surface area contributed by atoms with Gasteiger partial charge in [-0.15, -0.1) is 0 Å². The topological polar surface area (TPSA) is 80.3 Å². The molecule has 0 unspecified atom stereocenters. The summed E-state index contributed by atoms with van der Waals surface area (Å²) in [6.45, 7) is 1.64. The number of aromatic nitrogens is 2. The van der Waals surface area contributed by atoms with Crippen molar-refractivity contribution in [2.24, 2.45) is 0 Å². The third-order valence-electron chi connectivity index (χ3n) is 3.44. The van der Waals surface area contributed by atoms with Gasteiger partial charge in [-0.05, 0) is 30.4 Å². The molecule has 144 valence electrons. The van der Waals surface area contributed by atoms with Gasteiger partial charge in [-0.1, -0.05) is 0 Å². The van der Waals surface area contributed by atoms with Crippen molar-refractivity contribution in [1.82, 2.24) is 15.3 Å². The summed E-state index contributed by atoms with van der Waals surface area (Å²) in [5, 5.41) is 9.00. The normalized spacial score (nSPS) is 13.0. The van der Waals surface area contributed by atoms with Crippen molar-refractivity contribution >= 4 is 29.0 Å². The minimum atomic E-state index is -4.51. The van der Waals surface area contributed by atoms with Crippen molar-refractivity contribution in [1.29, 1.82) is 0 Å². The van der Waals surface area contributed by atoms with Crippen LogP contribution >= 0.6 is 12.2 Å². The zero-order valence-corrected chi connectivity index (χ0v) is 14.8. The van der Waals surface area contributed by atoms with Crippen LogP contribution in [0.4, 0.5) is 24.8 Å². The molecule has 0 saturated carbocycles. The summed E-state index contributed by atoms with van der Waals surface area (Å²) in [6, 6.07) is 6.18. The number of ether oxygens (including phenoxy) is 2. The van der Waals surface area contributed by atoms with Crippen LogP contribution in [0.2, 0.25) is 0 Å². The van der Waals surface area contributed by atoms with E-state index in [1.165, 1.54) is 0 Å². The van der Waals surface area contributed by atoms with Crippen LogP contribution in [0.15, 0.2) is 30.5 Å². The summed E-state index contributed by atoms with van der Waals surface area (Å²) >= 11 is 5.19. The van der Waals surface area contributed by atoms with Crippen LogP contribution in [0.1, 0.15) is 5.69 Å². The van der Waals surface area contributed by atoms with E-state index in [4.69, 9.17) is 21.7 Å². The van der Waals surface area contributed by atoms with E-state index < -0.39 is 11.9 Å². The van der Waals surface area contributed by atoms with Gasteiger partial charge in [-0.25, -0.2) is 9.97 Å². The lowest BCUT2D eigenvalue weighted by Crippen LogP contribution is -2.32. The van der Waals surface area contributed by atoms with Gasteiger partial charge in [0.15, 0.2) is 16.6 Å². The quantitative estimate of drug-likeness (QED) is 0.523. The Bertz CT molecular complexity index is 819. The largest absolute Gasteiger partial charge is 0.486 e. The molecule has 2 aromatic rings. The Morgan fingerprint density at radius 3 is 2.67 bits per heavy atom. The molecule has 3 rings (SSSR count). The van der Waals surface area contributed by atoms with E-state index in [1.807, 2.05) is 0 Å². The Kier molecular flexibility index (Phi) is 5.79. The van der Waals surface area contributed by atoms with Crippen molar-refractivity contribution in [2.75, 3.05) is 36.9 Å². The van der Waals surface area contributed by atoms with Gasteiger partial charge in [0, 0.05) is 31.0 Å². The smallest absolute Gasteiger partial charge is 0.433 e. The number of alkyl halides is 3. The number of nitrogens with one attached hydrogen (secondary N) is 3. The summed E-state index contributed by atoms with van der Waals surface area (Å²) < 4.78 is 48.7. The van der Waals surface area contributed by atoms with E-state index in [2.05, 4.69) is 25.9 Å². The number of rotatable bonds is 5. The van der Waals surface area contributed by atoms with Gasteiger partial charge in [0.2, 0.25) is 5.95 Å². The van der Waals surface area contributed by atoms with E-state index in [-0.39, 0.29) is 12.5 Å². The van der Waals surface area contributed by atoms with Crippen LogP contribution in [-0.4, -0.2) is 41.4 Å². The van der Waals surface area contributed by atoms with Gasteiger partial charge in [0.1, 0.15) is 18.9 Å². The summed E-state index contributed by atoms with van der Waals surface area (Å²) in [5.74, 6) is 1.21. The SMILES string of the molecule is FC(F)(F)c1ccnc(NCCNC(=S)Nc2ccc3c(c2)OCCO3)n1. The minimum absolute atomic E-state index is 0.0997. The molecule has 1 aliphatic rings. The summed E-state index contributed by atoms with van der Waals surface area (Å²) in [6.07, 6.45) is -3.45. The third-order valence-corrected chi connectivity index (χ3v) is 3.69. The maximum Gasteiger partial charge on any atom is 0.433 e. The molecular weight excluding hydrogens is 383 g/mol. The highest BCUT2D eigenvalue weighted by atomic mass is 32.1. The third kappa shape index (κ3) is 5.33. The lowest BCUT2D eigenvalue weighted by atomic mass is 10.2. The molecule has 1 aromatic carbocycles. The zero-order chi connectivity index (χ0) is 19.3. The maximum absolute atomic E-state index is 12.6. The van der Waals surface area contributed by atoms with Gasteiger partial charge in [-0.3, -0.25) is 0 Å². The van der Waals surface area contributed by atoms with Crippen molar-refractivity contribution in [3.05, 3.63) is 36.2 Å². The first kappa shape index (κ1) is 19.0. The van der Waals surface area contributed by atoms with Crippen molar-refractivity contribution < 1.29 is 22.6 Å². The Morgan fingerprint density at radius 2 is 1.89 bits per heavy atom. The first-order chi connectivity index (χ1) is 12.9. The Balaban J connectivity index is 1.44. The Labute approximate surface area is 158 Å². The molecule has 0 fully saturated rings. The van der Waals surface area contributed by atoms with Crippen molar-refractivity contribution in [3.63, 3.8) is 0 Å². The molecule has 1 aromatic heterocycles. The number of halogens is 3. The van der Waals surface area contributed by atoms with E-state index in [0.29, 0.717) is 36.4 Å². The van der Waals surface area contributed by atoms with Gasteiger partial charge < -0.3 is 25.4 Å². The molecule has 11 heteroatoms. The van der Waals surface area contributed by atoms with Crippen LogP contribution in [0.3, 0.4) is 0 Å². The molecular formula is C16H16F3N5O2S. The van der Waals surface area contributed by atoms with Crippen molar-refractivity contribution in [3.8, 4) is 11.5 Å². The average molecular weight is 399 g/mol. The van der Waals surface area contributed by atoms with Gasteiger partial charge in [-0.2, -0.15) is 13.2 Å². The molecule has 2 heterocycles. The second kappa shape index (κ2) is 8.25. The van der Waals surface area contributed by atoms with Crippen LogP contribution in [0.25, 0.3) is 0 Å². The van der Waals surface area contributed by atoms with E-state index >= 15 is 0 Å². The molecule has 0 amide bonds. The summed E-state index contributed by atoms with van der Waals surface area (Å²) in [5.41, 5.74) is -0.269. The fourth-order valence-electron chi connectivity index (χ4n) is 2.25. The number of thiocarbonyl (C=S) groups is 1. The predicted octanol–water partition coefficient (Wildman–Crippen LogP) is 2.67. The lowest BCUT2D eigenvalue weighted by Gasteiger charge is -2.19. The van der Waals surface area contributed by atoms with Crippen LogP contribution < -0.4 is 25.4 Å². The van der Waals surface area contributed by atoms with E-state index in [9.17, 15) is 13.2 Å². The van der Waals surface area contributed by atoms with Crippen molar-refractivity contribution in [2.45, 2.75) is 6.18 Å². The zero-order valence-electron chi connectivity index (χ0n) is 14.0. The summed E-state index contributed by atoms with van der Waals surface area (Å²) in [7, 11) is 0. The van der Waals surface area contributed by atoms with Gasteiger partial charge in [0.25, 0.3) is 0 Å². The number of hydrogen-bond acceptors (Lipinski definition) is 6. The second-order valence-electron chi connectivity index (χ2n) is 5.43. The van der Waals surface area contributed by atoms with Crippen LogP contribution in [0.5, 0.6) is 11.5 Å². The van der Waals surface area contributed by atoms with Crippen LogP contribution in [0, 0.1) is 0 Å². The fourth-order valence-corrected chi connectivity index (χ4v) is 2.47. The summed E-state index contributed by atoms with van der Waals surface area (Å²) in [4.78, 5) is 7.17. The second-order valence-corrected chi connectivity index (χ2v) is 5.84. The Hall–Kier alpha value is -2.82. The molecule has 0 atom stereocenters. The lowest BCUT2D eigenvalue weighted by molar-refractivity contribution is -0.141. The highest BCUT2D eigenvalue weighted by molar-refractivity contribution is 7.80. The average Bonchev–Trinajstić information content (AvgIpc) is 2.65. The van der Waals surface area contributed by atoms with Gasteiger partial charge in [0.05, 0.1) is 0 Å². The number of nitrogens with zero attached hydrogens (tertiary/aromatic N) is 2. The van der Waals surface area contributed by atoms with Gasteiger partial charge >= 0.3 is 6.18 Å². The molecule has 1 aliphatic heterocycles. The number of fused-ring (bicyclic) bond motifs is 1. The first-order valence-electron chi connectivity index (χ1n) is 8.00. The highest BCUT2D eigenvalue weighted by Gasteiger charge is 2.32. The number of hydrogen-bond donors (Lipinski definition) is 3. The molecule has 3 N–H and O–H groups in total. The van der Waals surface area contributed by atoms with Crippen LogP contribution in [-0.2, 0) is 6.18 Å².